The van der Waals surface area contributed by atoms with Crippen LogP contribution in [0.4, 0.5) is 14.5 Å². The molecular weight excluding hydrogens is 370 g/mol. The number of nitrogens with zero attached hydrogens (tertiary/aromatic N) is 2. The second kappa shape index (κ2) is 7.35. The molecule has 1 unspecified atom stereocenters. The Morgan fingerprint density at radius 2 is 1.96 bits per heavy atom. The first-order valence-corrected chi connectivity index (χ1v) is 9.11. The average Bonchev–Trinajstić information content (AvgIpc) is 3.31. The Hall–Kier alpha value is -2.74. The van der Waals surface area contributed by atoms with Gasteiger partial charge >= 0.3 is 0 Å². The molecule has 0 N–H and O–H groups in total. The van der Waals surface area contributed by atoms with Crippen LogP contribution >= 0.6 is 0 Å². The molecule has 2 fully saturated rings. The largest absolute Gasteiger partial charge is 0.497 e. The van der Waals surface area contributed by atoms with Crippen LogP contribution in [0.15, 0.2) is 35.3 Å². The molecule has 28 heavy (non-hydrogen) atoms. The molecule has 148 valence electrons. The minimum absolute atomic E-state index is 0.0411. The molecule has 4 rings (SSSR count). The van der Waals surface area contributed by atoms with Gasteiger partial charge < -0.3 is 18.9 Å². The molecule has 0 saturated carbocycles. The number of methoxy groups -OCH3 is 1. The maximum absolute atomic E-state index is 14.4. The Balaban J connectivity index is 1.65. The van der Waals surface area contributed by atoms with Crippen LogP contribution in [0.1, 0.15) is 30.4 Å². The lowest BCUT2D eigenvalue weighted by Gasteiger charge is -2.20. The molecular formula is C20H20F2N2O4. The topological polar surface area (TPSA) is 60.8 Å². The molecule has 1 amide bonds. The number of hydrogen-bond acceptors (Lipinski definition) is 4. The lowest BCUT2D eigenvalue weighted by molar-refractivity contribution is -0.117. The van der Waals surface area contributed by atoms with Crippen LogP contribution in [0.2, 0.25) is 0 Å². The fourth-order valence-corrected chi connectivity index (χ4v) is 3.94. The summed E-state index contributed by atoms with van der Waals surface area (Å²) in [5.74, 6) is -2.46. The summed E-state index contributed by atoms with van der Waals surface area (Å²) in [6.07, 6.45) is 2.33. The van der Waals surface area contributed by atoms with E-state index in [0.717, 1.165) is 18.6 Å². The number of pyridine rings is 1. The number of aromatic nitrogens is 1. The van der Waals surface area contributed by atoms with Crippen molar-refractivity contribution in [3.63, 3.8) is 0 Å². The van der Waals surface area contributed by atoms with Crippen LogP contribution in [0, 0.1) is 11.6 Å². The molecule has 1 aromatic carbocycles. The monoisotopic (exact) mass is 390 g/mol. The van der Waals surface area contributed by atoms with Crippen molar-refractivity contribution in [1.82, 2.24) is 4.57 Å². The third-order valence-corrected chi connectivity index (χ3v) is 5.37. The van der Waals surface area contributed by atoms with E-state index >= 15 is 0 Å². The minimum Gasteiger partial charge on any atom is -0.497 e. The summed E-state index contributed by atoms with van der Waals surface area (Å²) in [4.78, 5) is 26.8. The van der Waals surface area contributed by atoms with Crippen molar-refractivity contribution >= 4 is 11.6 Å². The van der Waals surface area contributed by atoms with Gasteiger partial charge in [0.15, 0.2) is 0 Å². The van der Waals surface area contributed by atoms with Crippen LogP contribution in [0.3, 0.4) is 0 Å². The number of carbonyl (C=O) groups is 1. The van der Waals surface area contributed by atoms with E-state index in [2.05, 4.69) is 0 Å². The summed E-state index contributed by atoms with van der Waals surface area (Å²) in [6, 6.07) is 5.39. The molecule has 8 heteroatoms. The van der Waals surface area contributed by atoms with E-state index in [9.17, 15) is 18.4 Å². The van der Waals surface area contributed by atoms with Gasteiger partial charge in [-0.25, -0.2) is 8.78 Å². The SMILES string of the molecule is COc1cc(F)c([C@H]2CC(=O)N(c3cccn(C4CCOC4)c3=O)C2)c(F)c1. The standard InChI is InChI=1S/C20H20F2N2O4/c1-27-14-8-15(21)19(16(22)9-14)12-7-18(25)24(10-12)17-3-2-5-23(20(17)26)13-4-6-28-11-13/h2-3,5,8-9,12-13H,4,6-7,10-11H2,1H3/t12-,13?/m0/s1. The Kier molecular flexibility index (Phi) is 4.89. The van der Waals surface area contributed by atoms with Crippen molar-refractivity contribution < 1.29 is 23.0 Å². The molecule has 0 spiro atoms. The average molecular weight is 390 g/mol. The predicted molar refractivity (Wildman–Crippen MR) is 97.8 cm³/mol. The first-order valence-electron chi connectivity index (χ1n) is 9.11. The highest BCUT2D eigenvalue weighted by molar-refractivity contribution is 5.96. The van der Waals surface area contributed by atoms with Crippen LogP contribution in [0.5, 0.6) is 5.75 Å². The van der Waals surface area contributed by atoms with Crippen LogP contribution in [-0.2, 0) is 9.53 Å². The highest BCUT2D eigenvalue weighted by Gasteiger charge is 2.36. The molecule has 2 aromatic rings. The summed E-state index contributed by atoms with van der Waals surface area (Å²) in [6.45, 7) is 1.07. The summed E-state index contributed by atoms with van der Waals surface area (Å²) < 4.78 is 40.6. The number of ether oxygens (including phenoxy) is 2. The molecule has 1 aromatic heterocycles. The van der Waals surface area contributed by atoms with Crippen molar-refractivity contribution in [2.75, 3.05) is 31.8 Å². The molecule has 6 nitrogen and oxygen atoms in total. The first kappa shape index (κ1) is 18.6. The molecule has 2 aliphatic rings. The maximum atomic E-state index is 14.4. The minimum atomic E-state index is -0.759. The third-order valence-electron chi connectivity index (χ3n) is 5.37. The number of hydrogen-bond donors (Lipinski definition) is 0. The lowest BCUT2D eigenvalue weighted by Crippen LogP contribution is -2.34. The number of rotatable bonds is 4. The molecule has 3 heterocycles. The van der Waals surface area contributed by atoms with Crippen molar-refractivity contribution in [2.24, 2.45) is 0 Å². The number of benzene rings is 1. The zero-order chi connectivity index (χ0) is 19.8. The Morgan fingerprint density at radius 3 is 2.61 bits per heavy atom. The van der Waals surface area contributed by atoms with E-state index in [1.807, 2.05) is 0 Å². The molecule has 2 atom stereocenters. The van der Waals surface area contributed by atoms with E-state index in [4.69, 9.17) is 9.47 Å². The van der Waals surface area contributed by atoms with Gasteiger partial charge in [-0.2, -0.15) is 0 Å². The quantitative estimate of drug-likeness (QED) is 0.805. The van der Waals surface area contributed by atoms with E-state index in [-0.39, 0.29) is 47.5 Å². The molecule has 0 aliphatic carbocycles. The first-order chi connectivity index (χ1) is 13.5. The zero-order valence-corrected chi connectivity index (χ0v) is 15.4. The van der Waals surface area contributed by atoms with Crippen molar-refractivity contribution in [3.8, 4) is 5.75 Å². The van der Waals surface area contributed by atoms with Crippen molar-refractivity contribution in [3.05, 3.63) is 58.0 Å². The Morgan fingerprint density at radius 1 is 1.21 bits per heavy atom. The van der Waals surface area contributed by atoms with Crippen molar-refractivity contribution in [2.45, 2.75) is 24.8 Å². The Bertz CT molecular complexity index is 946. The summed E-state index contributed by atoms with van der Waals surface area (Å²) in [5, 5.41) is 0. The molecule has 2 saturated heterocycles. The third kappa shape index (κ3) is 3.17. The number of amides is 1. The van der Waals surface area contributed by atoms with Gasteiger partial charge in [0.05, 0.1) is 19.8 Å². The van der Waals surface area contributed by atoms with Gasteiger partial charge in [0.1, 0.15) is 23.1 Å². The van der Waals surface area contributed by atoms with E-state index in [1.165, 1.54) is 12.0 Å². The molecule has 0 bridgehead atoms. The second-order valence-electron chi connectivity index (χ2n) is 7.03. The number of halogens is 2. The van der Waals surface area contributed by atoms with E-state index in [0.29, 0.717) is 13.2 Å². The van der Waals surface area contributed by atoms with Crippen LogP contribution < -0.4 is 15.2 Å². The highest BCUT2D eigenvalue weighted by atomic mass is 19.1. The zero-order valence-electron chi connectivity index (χ0n) is 15.4. The smallest absolute Gasteiger partial charge is 0.274 e. The van der Waals surface area contributed by atoms with Gasteiger partial charge in [0.25, 0.3) is 5.56 Å². The van der Waals surface area contributed by atoms with Crippen LogP contribution in [0.25, 0.3) is 0 Å². The maximum Gasteiger partial charge on any atom is 0.274 e. The lowest BCUT2D eigenvalue weighted by atomic mass is 9.97. The summed E-state index contributed by atoms with van der Waals surface area (Å²) >= 11 is 0. The summed E-state index contributed by atoms with van der Waals surface area (Å²) in [5.41, 5.74) is -0.240. The van der Waals surface area contributed by atoms with Crippen molar-refractivity contribution in [1.29, 1.82) is 0 Å². The van der Waals surface area contributed by atoms with Gasteiger partial charge in [0, 0.05) is 49.4 Å². The normalized spacial score (nSPS) is 22.1. The van der Waals surface area contributed by atoms with Gasteiger partial charge in [0.2, 0.25) is 5.91 Å². The van der Waals surface area contributed by atoms with Gasteiger partial charge in [-0.1, -0.05) is 0 Å². The van der Waals surface area contributed by atoms with E-state index in [1.54, 1.807) is 22.9 Å². The van der Waals surface area contributed by atoms with Gasteiger partial charge in [-0.05, 0) is 18.6 Å². The summed E-state index contributed by atoms with van der Waals surface area (Å²) in [7, 11) is 1.32. The molecule has 0 radical (unpaired) electrons. The number of anilines is 1. The van der Waals surface area contributed by atoms with Gasteiger partial charge in [-0.15, -0.1) is 0 Å². The van der Waals surface area contributed by atoms with Crippen LogP contribution in [-0.4, -0.2) is 37.3 Å². The fraction of sp³-hybridized carbons (Fsp3) is 0.400. The highest BCUT2D eigenvalue weighted by Crippen LogP contribution is 2.35. The predicted octanol–water partition coefficient (Wildman–Crippen LogP) is 2.62. The Labute approximate surface area is 160 Å². The number of carbonyl (C=O) groups excluding carboxylic acids is 1. The second-order valence-corrected chi connectivity index (χ2v) is 7.03. The molecule has 2 aliphatic heterocycles. The van der Waals surface area contributed by atoms with Gasteiger partial charge in [-0.3, -0.25) is 9.59 Å². The van der Waals surface area contributed by atoms with E-state index < -0.39 is 17.6 Å². The fourth-order valence-electron chi connectivity index (χ4n) is 3.94.